The van der Waals surface area contributed by atoms with Gasteiger partial charge in [0.25, 0.3) is 0 Å². The molecular weight excluding hydrogens is 364 g/mol. The maximum Gasteiger partial charge on any atom is 0.147 e. The van der Waals surface area contributed by atoms with E-state index in [1.807, 2.05) is 0 Å². The third-order valence-electron chi connectivity index (χ3n) is 9.16. The molecule has 136 valence electrons. The van der Waals surface area contributed by atoms with Crippen LogP contribution in [0, 0.1) is 40.4 Å². The van der Waals surface area contributed by atoms with E-state index in [1.54, 1.807) is 0 Å². The maximum atomic E-state index is 12.5. The van der Waals surface area contributed by atoms with Crippen molar-refractivity contribution in [2.45, 2.75) is 77.7 Å². The monoisotopic (exact) mass is 396 g/mol. The Morgan fingerprint density at radius 3 is 2.46 bits per heavy atom. The lowest BCUT2D eigenvalue weighted by atomic mass is 9.44. The fourth-order valence-electron chi connectivity index (χ4n) is 7.86. The van der Waals surface area contributed by atoms with Gasteiger partial charge in [0.2, 0.25) is 0 Å². The van der Waals surface area contributed by atoms with E-state index in [2.05, 4.69) is 29.8 Å². The molecule has 1 N–H and O–H groups in total. The van der Waals surface area contributed by atoms with Crippen LogP contribution in [0.25, 0.3) is 0 Å². The Morgan fingerprint density at radius 2 is 1.71 bits per heavy atom. The van der Waals surface area contributed by atoms with Gasteiger partial charge in [0.1, 0.15) is 5.78 Å². The van der Waals surface area contributed by atoms with Crippen molar-refractivity contribution in [3.8, 4) is 0 Å². The quantitative estimate of drug-likeness (QED) is 0.668. The summed E-state index contributed by atoms with van der Waals surface area (Å²) < 4.78 is 0. The van der Waals surface area contributed by atoms with E-state index < -0.39 is 0 Å². The zero-order valence-electron chi connectivity index (χ0n) is 15.3. The molecule has 0 radical (unpaired) electrons. The summed E-state index contributed by atoms with van der Waals surface area (Å²) in [5.41, 5.74) is 0.699. The number of fused-ring (bicyclic) bond motifs is 5. The van der Waals surface area contributed by atoms with Crippen LogP contribution in [0.1, 0.15) is 71.6 Å². The molecule has 0 aromatic rings. The number of aliphatic hydroxyl groups excluding tert-OH is 1. The molecule has 2 unspecified atom stereocenters. The minimum Gasteiger partial charge on any atom is -0.393 e. The number of ketones is 1. The minimum absolute atomic E-state index is 0.0547. The maximum absolute atomic E-state index is 12.5. The second-order valence-corrected chi connectivity index (χ2v) is 10.4. The molecule has 0 aliphatic heterocycles. The highest BCUT2D eigenvalue weighted by atomic mass is 79.9. The zero-order valence-corrected chi connectivity index (χ0v) is 16.9. The van der Waals surface area contributed by atoms with Crippen LogP contribution in [0.5, 0.6) is 0 Å². The molecule has 4 rings (SSSR count). The fourth-order valence-corrected chi connectivity index (χ4v) is 8.25. The van der Waals surface area contributed by atoms with Crippen molar-refractivity contribution in [2.24, 2.45) is 40.4 Å². The first-order valence-electron chi connectivity index (χ1n) is 10.2. The molecule has 0 aromatic heterocycles. The van der Waals surface area contributed by atoms with Gasteiger partial charge < -0.3 is 5.11 Å². The van der Waals surface area contributed by atoms with Crippen LogP contribution in [0.4, 0.5) is 0 Å². The summed E-state index contributed by atoms with van der Waals surface area (Å²) in [6.45, 7) is 4.98. The van der Waals surface area contributed by atoms with Gasteiger partial charge in [-0.05, 0) is 92.3 Å². The number of carbonyl (C=O) groups is 1. The topological polar surface area (TPSA) is 37.3 Å². The summed E-state index contributed by atoms with van der Waals surface area (Å²) in [6, 6.07) is 0. The lowest BCUT2D eigenvalue weighted by Crippen LogP contribution is -2.54. The standard InChI is InChI=1S/C21H33BrO2/c1-20-9-7-14(23)11-13(20)3-4-15-16-5-6-18(19(24)12-22)21(16,2)10-8-17(15)20/h13-18,23H,3-12H2,1-2H3/t13?,14?,15-,16-,17-,18+,20-,21-/m0/s1. The number of alkyl halides is 1. The summed E-state index contributed by atoms with van der Waals surface area (Å²) in [5.74, 6) is 3.88. The number of carbonyl (C=O) groups excluding carboxylic acids is 1. The van der Waals surface area contributed by atoms with Gasteiger partial charge in [0, 0.05) is 5.92 Å². The van der Waals surface area contributed by atoms with Crippen LogP contribution in [0.15, 0.2) is 0 Å². The first-order chi connectivity index (χ1) is 11.4. The van der Waals surface area contributed by atoms with Crippen molar-refractivity contribution in [2.75, 3.05) is 5.33 Å². The molecule has 0 amide bonds. The molecule has 0 aromatic carbocycles. The Balaban J connectivity index is 1.60. The molecule has 3 heteroatoms. The van der Waals surface area contributed by atoms with Crippen LogP contribution in [0.3, 0.4) is 0 Å². The van der Waals surface area contributed by atoms with Crippen molar-refractivity contribution in [1.82, 2.24) is 0 Å². The summed E-state index contributed by atoms with van der Waals surface area (Å²) in [6.07, 6.45) is 10.8. The van der Waals surface area contributed by atoms with Gasteiger partial charge in [-0.3, -0.25) is 4.79 Å². The highest BCUT2D eigenvalue weighted by Gasteiger charge is 2.60. The normalized spacial score (nSPS) is 53.8. The number of aliphatic hydroxyl groups is 1. The SMILES string of the molecule is C[C@]12CC[C@H]3[C@@H](CCC4CC(O)CC[C@@]43C)[C@@H]1CC[C@@H]2C(=O)CBr. The third-order valence-corrected chi connectivity index (χ3v) is 9.71. The van der Waals surface area contributed by atoms with Crippen molar-refractivity contribution in [1.29, 1.82) is 0 Å². The molecule has 0 spiro atoms. The average molecular weight is 397 g/mol. The van der Waals surface area contributed by atoms with Crippen LogP contribution in [-0.2, 0) is 4.79 Å². The van der Waals surface area contributed by atoms with Gasteiger partial charge in [0.15, 0.2) is 0 Å². The number of rotatable bonds is 2. The molecule has 0 saturated heterocycles. The van der Waals surface area contributed by atoms with Crippen LogP contribution >= 0.6 is 15.9 Å². The Hall–Kier alpha value is 0.110. The third kappa shape index (κ3) is 2.40. The van der Waals surface area contributed by atoms with Crippen LogP contribution < -0.4 is 0 Å². The Kier molecular flexibility index (Phi) is 4.44. The van der Waals surface area contributed by atoms with Gasteiger partial charge in [-0.25, -0.2) is 0 Å². The number of Topliss-reactive ketones (excluding diaryl/α,β-unsaturated/α-hetero) is 1. The van der Waals surface area contributed by atoms with E-state index in [0.29, 0.717) is 22.4 Å². The molecule has 4 saturated carbocycles. The van der Waals surface area contributed by atoms with Crippen molar-refractivity contribution in [3.63, 3.8) is 0 Å². The van der Waals surface area contributed by atoms with Gasteiger partial charge in [-0.1, -0.05) is 29.8 Å². The fraction of sp³-hybridized carbons (Fsp3) is 0.952. The van der Waals surface area contributed by atoms with Crippen LogP contribution in [0.2, 0.25) is 0 Å². The summed E-state index contributed by atoms with van der Waals surface area (Å²) in [7, 11) is 0. The van der Waals surface area contributed by atoms with Crippen molar-refractivity contribution >= 4 is 21.7 Å². The Morgan fingerprint density at radius 1 is 1.00 bits per heavy atom. The van der Waals surface area contributed by atoms with Crippen molar-refractivity contribution in [3.05, 3.63) is 0 Å². The molecule has 4 aliphatic rings. The predicted octanol–water partition coefficient (Wildman–Crippen LogP) is 4.97. The Bertz CT molecular complexity index is 520. The summed E-state index contributed by atoms with van der Waals surface area (Å²) in [4.78, 5) is 12.5. The number of hydrogen-bond acceptors (Lipinski definition) is 2. The van der Waals surface area contributed by atoms with Crippen molar-refractivity contribution < 1.29 is 9.90 Å². The Labute approximate surface area is 155 Å². The first-order valence-corrected chi connectivity index (χ1v) is 11.3. The van der Waals surface area contributed by atoms with E-state index >= 15 is 0 Å². The molecule has 4 fully saturated rings. The van der Waals surface area contributed by atoms with E-state index in [4.69, 9.17) is 0 Å². The predicted molar refractivity (Wildman–Crippen MR) is 100 cm³/mol. The highest BCUT2D eigenvalue weighted by molar-refractivity contribution is 9.09. The molecule has 4 aliphatic carbocycles. The molecule has 2 nitrogen and oxygen atoms in total. The average Bonchev–Trinajstić information content (AvgIpc) is 2.92. The summed E-state index contributed by atoms with van der Waals surface area (Å²) in [5, 5.41) is 10.7. The van der Waals surface area contributed by atoms with Crippen LogP contribution in [-0.4, -0.2) is 22.3 Å². The zero-order chi connectivity index (χ0) is 17.1. The lowest BCUT2D eigenvalue weighted by molar-refractivity contribution is -0.138. The van der Waals surface area contributed by atoms with Gasteiger partial charge in [-0.2, -0.15) is 0 Å². The van der Waals surface area contributed by atoms with E-state index in [1.165, 1.54) is 38.5 Å². The van der Waals surface area contributed by atoms with E-state index in [-0.39, 0.29) is 11.5 Å². The molecule has 8 atom stereocenters. The second kappa shape index (κ2) is 6.08. The highest BCUT2D eigenvalue weighted by Crippen LogP contribution is 2.67. The van der Waals surface area contributed by atoms with Gasteiger partial charge in [-0.15, -0.1) is 0 Å². The smallest absolute Gasteiger partial charge is 0.147 e. The van der Waals surface area contributed by atoms with E-state index in [0.717, 1.165) is 42.9 Å². The minimum atomic E-state index is -0.0547. The largest absolute Gasteiger partial charge is 0.393 e. The molecule has 0 heterocycles. The van der Waals surface area contributed by atoms with Gasteiger partial charge >= 0.3 is 0 Å². The molecule has 0 bridgehead atoms. The molecule has 24 heavy (non-hydrogen) atoms. The molecular formula is C21H33BrO2. The number of hydrogen-bond donors (Lipinski definition) is 1. The first kappa shape index (κ1) is 17.5. The van der Waals surface area contributed by atoms with E-state index in [9.17, 15) is 9.90 Å². The second-order valence-electron chi connectivity index (χ2n) is 9.86. The summed E-state index contributed by atoms with van der Waals surface area (Å²) >= 11 is 3.42. The lowest BCUT2D eigenvalue weighted by Gasteiger charge is -2.60. The number of halogens is 1. The van der Waals surface area contributed by atoms with Gasteiger partial charge in [0.05, 0.1) is 11.4 Å².